The van der Waals surface area contributed by atoms with Crippen LogP contribution in [-0.4, -0.2) is 52.7 Å². The van der Waals surface area contributed by atoms with Gasteiger partial charge in [-0.25, -0.2) is 0 Å². The van der Waals surface area contributed by atoms with Crippen molar-refractivity contribution in [3.8, 4) is 0 Å². The summed E-state index contributed by atoms with van der Waals surface area (Å²) in [5, 5.41) is 7.23. The Balaban J connectivity index is 1.52. The van der Waals surface area contributed by atoms with Crippen molar-refractivity contribution in [3.05, 3.63) is 18.0 Å². The van der Waals surface area contributed by atoms with Gasteiger partial charge in [0.05, 0.1) is 11.7 Å². The Kier molecular flexibility index (Phi) is 3.96. The molecule has 2 aliphatic rings. The second kappa shape index (κ2) is 5.85. The van der Waals surface area contributed by atoms with Gasteiger partial charge in [-0.3, -0.25) is 10.00 Å². The van der Waals surface area contributed by atoms with E-state index in [0.717, 1.165) is 0 Å². The summed E-state index contributed by atoms with van der Waals surface area (Å²) in [7, 11) is 0. The van der Waals surface area contributed by atoms with E-state index in [0.29, 0.717) is 6.04 Å². The predicted molar refractivity (Wildman–Crippen MR) is 72.4 cm³/mol. The van der Waals surface area contributed by atoms with Crippen LogP contribution in [0.1, 0.15) is 43.8 Å². The maximum absolute atomic E-state index is 4.09. The summed E-state index contributed by atoms with van der Waals surface area (Å²) in [4.78, 5) is 5.26. The number of hydrogen-bond donors (Lipinski definition) is 1. The second-order valence-electron chi connectivity index (χ2n) is 5.61. The highest BCUT2D eigenvalue weighted by atomic mass is 15.2. The Morgan fingerprint density at radius 1 is 1.11 bits per heavy atom. The standard InChI is InChI=1S/C14H24N4/c1-2-8-17(9-3-1)11-12-18-10-4-5-14(18)13-6-7-15-16-13/h6-7,14H,1-5,8-12H2,(H,15,16). The van der Waals surface area contributed by atoms with Gasteiger partial charge in [0.15, 0.2) is 0 Å². The molecule has 1 aromatic rings. The molecule has 0 bridgehead atoms. The van der Waals surface area contributed by atoms with Crippen molar-refractivity contribution in [2.45, 2.75) is 38.1 Å². The van der Waals surface area contributed by atoms with Gasteiger partial charge < -0.3 is 4.90 Å². The van der Waals surface area contributed by atoms with Gasteiger partial charge in [0, 0.05) is 19.3 Å². The second-order valence-corrected chi connectivity index (χ2v) is 5.61. The summed E-state index contributed by atoms with van der Waals surface area (Å²) in [6, 6.07) is 2.71. The maximum Gasteiger partial charge on any atom is 0.0523 e. The minimum atomic E-state index is 0.581. The summed E-state index contributed by atoms with van der Waals surface area (Å²) in [5.41, 5.74) is 1.30. The average Bonchev–Trinajstić information content (AvgIpc) is 3.08. The molecular weight excluding hydrogens is 224 g/mol. The molecule has 3 heterocycles. The Morgan fingerprint density at radius 3 is 2.78 bits per heavy atom. The smallest absolute Gasteiger partial charge is 0.0523 e. The zero-order chi connectivity index (χ0) is 12.2. The summed E-state index contributed by atoms with van der Waals surface area (Å²) in [6.07, 6.45) is 8.69. The molecule has 2 aliphatic heterocycles. The summed E-state index contributed by atoms with van der Waals surface area (Å²) >= 11 is 0. The monoisotopic (exact) mass is 248 g/mol. The molecule has 1 atom stereocenters. The van der Waals surface area contributed by atoms with Gasteiger partial charge >= 0.3 is 0 Å². The summed E-state index contributed by atoms with van der Waals surface area (Å²) in [6.45, 7) is 6.32. The first-order chi connectivity index (χ1) is 8.93. The number of aromatic nitrogens is 2. The molecule has 0 amide bonds. The molecule has 0 saturated carbocycles. The topological polar surface area (TPSA) is 35.2 Å². The molecule has 1 unspecified atom stereocenters. The van der Waals surface area contributed by atoms with Crippen LogP contribution in [0.4, 0.5) is 0 Å². The first-order valence-electron chi connectivity index (χ1n) is 7.39. The quantitative estimate of drug-likeness (QED) is 0.885. The van der Waals surface area contributed by atoms with Gasteiger partial charge in [-0.1, -0.05) is 6.42 Å². The summed E-state index contributed by atoms with van der Waals surface area (Å²) < 4.78 is 0. The molecule has 100 valence electrons. The first-order valence-corrected chi connectivity index (χ1v) is 7.39. The molecule has 1 aromatic heterocycles. The van der Waals surface area contributed by atoms with Crippen molar-refractivity contribution in [1.82, 2.24) is 20.0 Å². The number of likely N-dealkylation sites (tertiary alicyclic amines) is 2. The fourth-order valence-electron chi connectivity index (χ4n) is 3.35. The Hall–Kier alpha value is -0.870. The van der Waals surface area contributed by atoms with Crippen molar-refractivity contribution >= 4 is 0 Å². The van der Waals surface area contributed by atoms with Gasteiger partial charge in [-0.2, -0.15) is 5.10 Å². The van der Waals surface area contributed by atoms with Gasteiger partial charge in [-0.05, 0) is 51.4 Å². The van der Waals surface area contributed by atoms with E-state index >= 15 is 0 Å². The average molecular weight is 248 g/mol. The molecule has 18 heavy (non-hydrogen) atoms. The fraction of sp³-hybridized carbons (Fsp3) is 0.786. The van der Waals surface area contributed by atoms with E-state index in [1.54, 1.807) is 0 Å². The highest BCUT2D eigenvalue weighted by molar-refractivity contribution is 5.06. The molecule has 1 N–H and O–H groups in total. The lowest BCUT2D eigenvalue weighted by Gasteiger charge is -2.30. The third kappa shape index (κ3) is 2.75. The molecular formula is C14H24N4. The molecule has 0 aliphatic carbocycles. The zero-order valence-electron chi connectivity index (χ0n) is 11.1. The van der Waals surface area contributed by atoms with Crippen molar-refractivity contribution in [2.24, 2.45) is 0 Å². The number of aromatic amines is 1. The molecule has 2 saturated heterocycles. The molecule has 0 aromatic carbocycles. The third-order valence-corrected chi connectivity index (χ3v) is 4.40. The van der Waals surface area contributed by atoms with Crippen LogP contribution in [0, 0.1) is 0 Å². The Bertz CT molecular complexity index is 343. The largest absolute Gasteiger partial charge is 0.302 e. The van der Waals surface area contributed by atoms with E-state index in [1.165, 1.54) is 70.5 Å². The lowest BCUT2D eigenvalue weighted by molar-refractivity contribution is 0.173. The molecule has 3 rings (SSSR count). The van der Waals surface area contributed by atoms with Crippen LogP contribution in [0.2, 0.25) is 0 Å². The number of piperidine rings is 1. The lowest BCUT2D eigenvalue weighted by Crippen LogP contribution is -2.37. The molecule has 4 nitrogen and oxygen atoms in total. The minimum absolute atomic E-state index is 0.581. The summed E-state index contributed by atoms with van der Waals surface area (Å²) in [5.74, 6) is 0. The van der Waals surface area contributed by atoms with E-state index in [4.69, 9.17) is 0 Å². The Morgan fingerprint density at radius 2 is 2.00 bits per heavy atom. The van der Waals surface area contributed by atoms with Crippen molar-refractivity contribution < 1.29 is 0 Å². The number of nitrogens with zero attached hydrogens (tertiary/aromatic N) is 3. The third-order valence-electron chi connectivity index (χ3n) is 4.40. The van der Waals surface area contributed by atoms with Crippen LogP contribution >= 0.6 is 0 Å². The van der Waals surface area contributed by atoms with Crippen LogP contribution in [0.15, 0.2) is 12.3 Å². The number of rotatable bonds is 4. The van der Waals surface area contributed by atoms with Gasteiger partial charge in [0.2, 0.25) is 0 Å². The molecule has 4 heteroatoms. The zero-order valence-corrected chi connectivity index (χ0v) is 11.1. The highest BCUT2D eigenvalue weighted by Gasteiger charge is 2.27. The van der Waals surface area contributed by atoms with Crippen molar-refractivity contribution in [2.75, 3.05) is 32.7 Å². The maximum atomic E-state index is 4.09. The highest BCUT2D eigenvalue weighted by Crippen LogP contribution is 2.30. The van der Waals surface area contributed by atoms with Crippen LogP contribution in [0.3, 0.4) is 0 Å². The lowest BCUT2D eigenvalue weighted by atomic mass is 10.1. The van der Waals surface area contributed by atoms with Crippen LogP contribution in [-0.2, 0) is 0 Å². The minimum Gasteiger partial charge on any atom is -0.302 e. The van der Waals surface area contributed by atoms with E-state index in [2.05, 4.69) is 26.1 Å². The number of nitrogens with one attached hydrogen (secondary N) is 1. The Labute approximate surface area is 109 Å². The van der Waals surface area contributed by atoms with E-state index in [-0.39, 0.29) is 0 Å². The van der Waals surface area contributed by atoms with Gasteiger partial charge in [-0.15, -0.1) is 0 Å². The molecule has 0 spiro atoms. The van der Waals surface area contributed by atoms with Gasteiger partial charge in [0.1, 0.15) is 0 Å². The van der Waals surface area contributed by atoms with Crippen LogP contribution in [0.25, 0.3) is 0 Å². The van der Waals surface area contributed by atoms with Crippen molar-refractivity contribution in [1.29, 1.82) is 0 Å². The fourth-order valence-corrected chi connectivity index (χ4v) is 3.35. The van der Waals surface area contributed by atoms with Crippen molar-refractivity contribution in [3.63, 3.8) is 0 Å². The number of H-pyrrole nitrogens is 1. The van der Waals surface area contributed by atoms with E-state index in [9.17, 15) is 0 Å². The van der Waals surface area contributed by atoms with E-state index in [1.807, 2.05) is 6.20 Å². The number of hydrogen-bond acceptors (Lipinski definition) is 3. The normalized spacial score (nSPS) is 26.8. The van der Waals surface area contributed by atoms with Crippen LogP contribution < -0.4 is 0 Å². The first kappa shape index (κ1) is 12.2. The predicted octanol–water partition coefficient (Wildman–Crippen LogP) is 2.03. The van der Waals surface area contributed by atoms with E-state index < -0.39 is 0 Å². The SMILES string of the molecule is c1cc(C2CCCN2CCN2CCCCC2)[nH]n1. The molecule has 0 radical (unpaired) electrons. The van der Waals surface area contributed by atoms with Gasteiger partial charge in [0.25, 0.3) is 0 Å². The molecule has 2 fully saturated rings. The van der Waals surface area contributed by atoms with Crippen LogP contribution in [0.5, 0.6) is 0 Å².